The molecule has 0 atom stereocenters. The number of carbonyl (C=O) groups excluding carboxylic acids is 1. The zero-order chi connectivity index (χ0) is 16.1. The van der Waals surface area contributed by atoms with Gasteiger partial charge in [-0.2, -0.15) is 0 Å². The van der Waals surface area contributed by atoms with E-state index in [1.54, 1.807) is 0 Å². The third kappa shape index (κ3) is 3.67. The lowest BCUT2D eigenvalue weighted by atomic mass is 10.00. The molecule has 0 aromatic heterocycles. The van der Waals surface area contributed by atoms with Crippen LogP contribution in [0.3, 0.4) is 0 Å². The number of carbonyl (C=O) groups is 2. The number of anilines is 2. The topological polar surface area (TPSA) is 60.9 Å². The first-order chi connectivity index (χ1) is 10.5. The van der Waals surface area contributed by atoms with E-state index < -0.39 is 5.97 Å². The molecule has 1 aliphatic heterocycles. The number of fused-ring (bicyclic) bond motifs is 1. The number of rotatable bonds is 7. The molecule has 2 rings (SSSR count). The van der Waals surface area contributed by atoms with Gasteiger partial charge in [0.05, 0.1) is 6.42 Å². The fraction of sp³-hybridized carbons (Fsp3) is 0.412. The minimum atomic E-state index is -0.800. The summed E-state index contributed by atoms with van der Waals surface area (Å²) in [5, 5.41) is 8.77. The van der Waals surface area contributed by atoms with E-state index in [4.69, 9.17) is 5.11 Å². The highest BCUT2D eigenvalue weighted by molar-refractivity contribution is 5.96. The van der Waals surface area contributed by atoms with Gasteiger partial charge in [-0.25, -0.2) is 0 Å². The average Bonchev–Trinajstić information content (AvgIpc) is 2.51. The Labute approximate surface area is 130 Å². The van der Waals surface area contributed by atoms with Gasteiger partial charge in [-0.1, -0.05) is 6.08 Å². The number of carboxylic acids is 1. The van der Waals surface area contributed by atoms with Crippen LogP contribution in [-0.2, 0) is 16.0 Å². The fourth-order valence-corrected chi connectivity index (χ4v) is 2.64. The highest BCUT2D eigenvalue weighted by Crippen LogP contribution is 2.31. The molecular formula is C17H22N2O3. The van der Waals surface area contributed by atoms with Crippen LogP contribution in [0.4, 0.5) is 11.4 Å². The highest BCUT2D eigenvalue weighted by atomic mass is 16.4. The molecule has 0 fully saturated rings. The third-order valence-electron chi connectivity index (χ3n) is 3.92. The normalized spacial score (nSPS) is 13.7. The summed E-state index contributed by atoms with van der Waals surface area (Å²) in [6, 6.07) is 5.97. The van der Waals surface area contributed by atoms with Crippen molar-refractivity contribution in [2.45, 2.75) is 25.7 Å². The van der Waals surface area contributed by atoms with Crippen molar-refractivity contribution in [1.29, 1.82) is 0 Å². The van der Waals surface area contributed by atoms with E-state index >= 15 is 0 Å². The highest BCUT2D eigenvalue weighted by Gasteiger charge is 2.23. The summed E-state index contributed by atoms with van der Waals surface area (Å²) in [7, 11) is 1.88. The Morgan fingerprint density at radius 1 is 1.45 bits per heavy atom. The number of hydrogen-bond donors (Lipinski definition) is 1. The molecule has 0 bridgehead atoms. The molecular weight excluding hydrogens is 280 g/mol. The van der Waals surface area contributed by atoms with Gasteiger partial charge in [0.2, 0.25) is 5.91 Å². The molecule has 1 heterocycles. The van der Waals surface area contributed by atoms with Crippen LogP contribution in [0.5, 0.6) is 0 Å². The maximum Gasteiger partial charge on any atom is 0.305 e. The number of aliphatic carboxylic acids is 1. The van der Waals surface area contributed by atoms with Crippen LogP contribution in [0, 0.1) is 0 Å². The van der Waals surface area contributed by atoms with E-state index in [0.717, 1.165) is 29.8 Å². The maximum atomic E-state index is 12.1. The third-order valence-corrected chi connectivity index (χ3v) is 3.92. The number of carboxylic acid groups (broad SMARTS) is 1. The maximum absolute atomic E-state index is 12.1. The molecule has 5 nitrogen and oxygen atoms in total. The molecule has 0 saturated heterocycles. The van der Waals surface area contributed by atoms with Crippen LogP contribution < -0.4 is 9.80 Å². The fourth-order valence-electron chi connectivity index (χ4n) is 2.64. The van der Waals surface area contributed by atoms with Gasteiger partial charge in [0.25, 0.3) is 0 Å². The van der Waals surface area contributed by atoms with Crippen molar-refractivity contribution in [3.8, 4) is 0 Å². The lowest BCUT2D eigenvalue weighted by molar-refractivity contribution is -0.136. The molecule has 1 aliphatic rings. The summed E-state index contributed by atoms with van der Waals surface area (Å²) >= 11 is 0. The van der Waals surface area contributed by atoms with E-state index in [9.17, 15) is 9.59 Å². The van der Waals surface area contributed by atoms with Crippen molar-refractivity contribution in [1.82, 2.24) is 0 Å². The lowest BCUT2D eigenvalue weighted by Gasteiger charge is -2.30. The monoisotopic (exact) mass is 302 g/mol. The average molecular weight is 302 g/mol. The summed E-state index contributed by atoms with van der Waals surface area (Å²) < 4.78 is 0. The van der Waals surface area contributed by atoms with Crippen LogP contribution in [0.25, 0.3) is 0 Å². The second-order valence-corrected chi connectivity index (χ2v) is 5.50. The Kier molecular flexibility index (Phi) is 5.20. The largest absolute Gasteiger partial charge is 0.481 e. The number of benzene rings is 1. The Morgan fingerprint density at radius 2 is 2.23 bits per heavy atom. The molecule has 118 valence electrons. The van der Waals surface area contributed by atoms with Crippen LogP contribution in [0.15, 0.2) is 30.9 Å². The molecule has 5 heteroatoms. The molecule has 1 aromatic rings. The first-order valence-electron chi connectivity index (χ1n) is 7.50. The summed E-state index contributed by atoms with van der Waals surface area (Å²) in [5.74, 6) is -0.646. The molecule has 0 radical (unpaired) electrons. The number of hydrogen-bond acceptors (Lipinski definition) is 3. The summed E-state index contributed by atoms with van der Waals surface area (Å²) in [4.78, 5) is 26.5. The van der Waals surface area contributed by atoms with Crippen molar-refractivity contribution >= 4 is 23.3 Å². The van der Waals surface area contributed by atoms with E-state index in [1.807, 2.05) is 35.1 Å². The van der Waals surface area contributed by atoms with Crippen LogP contribution >= 0.6 is 0 Å². The van der Waals surface area contributed by atoms with E-state index in [0.29, 0.717) is 19.5 Å². The zero-order valence-electron chi connectivity index (χ0n) is 12.9. The second kappa shape index (κ2) is 7.11. The first kappa shape index (κ1) is 16.1. The van der Waals surface area contributed by atoms with Gasteiger partial charge in [-0.05, 0) is 36.6 Å². The van der Waals surface area contributed by atoms with Gasteiger partial charge < -0.3 is 14.9 Å². The van der Waals surface area contributed by atoms with Gasteiger partial charge in [0.1, 0.15) is 0 Å². The van der Waals surface area contributed by atoms with Crippen molar-refractivity contribution in [3.63, 3.8) is 0 Å². The van der Waals surface area contributed by atoms with Crippen molar-refractivity contribution in [2.24, 2.45) is 0 Å². The van der Waals surface area contributed by atoms with Crippen LogP contribution in [-0.4, -0.2) is 37.1 Å². The molecule has 0 aliphatic carbocycles. The van der Waals surface area contributed by atoms with Crippen molar-refractivity contribution in [2.75, 3.05) is 29.9 Å². The molecule has 0 unspecified atom stereocenters. The van der Waals surface area contributed by atoms with Crippen LogP contribution in [0.2, 0.25) is 0 Å². The Morgan fingerprint density at radius 3 is 2.91 bits per heavy atom. The standard InChI is InChI=1S/C17H22N2O3/c1-3-4-10-19-15-7-6-14(18(2)11-9-17(21)22)12-13(15)5-8-16(19)20/h3,6-7,12H,1,4-5,8-11H2,2H3,(H,21,22). The molecule has 22 heavy (non-hydrogen) atoms. The smallest absolute Gasteiger partial charge is 0.305 e. The summed E-state index contributed by atoms with van der Waals surface area (Å²) in [5.41, 5.74) is 3.09. The Balaban J connectivity index is 2.18. The molecule has 0 saturated carbocycles. The van der Waals surface area contributed by atoms with Gasteiger partial charge in [0.15, 0.2) is 0 Å². The Bertz CT molecular complexity index is 583. The minimum Gasteiger partial charge on any atom is -0.481 e. The van der Waals surface area contributed by atoms with Gasteiger partial charge in [-0.15, -0.1) is 6.58 Å². The van der Waals surface area contributed by atoms with Gasteiger partial charge in [-0.3, -0.25) is 9.59 Å². The van der Waals surface area contributed by atoms with E-state index in [-0.39, 0.29) is 12.3 Å². The summed E-state index contributed by atoms with van der Waals surface area (Å²) in [6.07, 6.45) is 3.95. The van der Waals surface area contributed by atoms with E-state index in [1.165, 1.54) is 0 Å². The van der Waals surface area contributed by atoms with Crippen molar-refractivity contribution in [3.05, 3.63) is 36.4 Å². The van der Waals surface area contributed by atoms with Gasteiger partial charge in [0, 0.05) is 37.9 Å². The predicted octanol–water partition coefficient (Wildman–Crippen LogP) is 2.45. The molecule has 1 aromatic carbocycles. The first-order valence-corrected chi connectivity index (χ1v) is 7.50. The number of aryl methyl sites for hydroxylation is 1. The SMILES string of the molecule is C=CCCN1C(=O)CCc2cc(N(C)CCC(=O)O)ccc21. The summed E-state index contributed by atoms with van der Waals surface area (Å²) in [6.45, 7) is 4.83. The molecule has 0 spiro atoms. The number of amides is 1. The Hall–Kier alpha value is -2.30. The number of nitrogens with zero attached hydrogens (tertiary/aromatic N) is 2. The molecule has 1 N–H and O–H groups in total. The van der Waals surface area contributed by atoms with Crippen molar-refractivity contribution < 1.29 is 14.7 Å². The lowest BCUT2D eigenvalue weighted by Crippen LogP contribution is -2.35. The zero-order valence-corrected chi connectivity index (χ0v) is 12.9. The van der Waals surface area contributed by atoms with Gasteiger partial charge >= 0.3 is 5.97 Å². The van der Waals surface area contributed by atoms with Crippen LogP contribution in [0.1, 0.15) is 24.8 Å². The second-order valence-electron chi connectivity index (χ2n) is 5.50. The predicted molar refractivity (Wildman–Crippen MR) is 87.5 cm³/mol. The molecule has 1 amide bonds. The minimum absolute atomic E-state index is 0.109. The van der Waals surface area contributed by atoms with E-state index in [2.05, 4.69) is 12.6 Å². The quantitative estimate of drug-likeness (QED) is 0.786.